The van der Waals surface area contributed by atoms with Crippen LogP contribution in [0.1, 0.15) is 0 Å². The Balaban J connectivity index is 1.71. The number of para-hydroxylation sites is 1. The number of benzene rings is 2. The highest BCUT2D eigenvalue weighted by Gasteiger charge is 2.21. The lowest BCUT2D eigenvalue weighted by molar-refractivity contribution is -0.500. The first kappa shape index (κ1) is 22.9. The highest BCUT2D eigenvalue weighted by Crippen LogP contribution is 2.20. The fraction of sp³-hybridized carbons (Fsp3) is 0.174. The summed E-state index contributed by atoms with van der Waals surface area (Å²) in [5, 5.41) is 19.6. The zero-order valence-corrected chi connectivity index (χ0v) is 17.4. The van der Waals surface area contributed by atoms with Crippen molar-refractivity contribution in [2.75, 3.05) is 31.2 Å². The molecular formula is C23H25FN5O3+. The van der Waals surface area contributed by atoms with Gasteiger partial charge in [-0.05, 0) is 30.5 Å². The monoisotopic (exact) mass is 438 g/mol. The number of morpholine rings is 1. The molecule has 1 fully saturated rings. The van der Waals surface area contributed by atoms with E-state index in [0.717, 1.165) is 18.1 Å². The summed E-state index contributed by atoms with van der Waals surface area (Å²) in [7, 11) is 0. The van der Waals surface area contributed by atoms with Crippen LogP contribution in [0.5, 0.6) is 0 Å². The number of nitrogens with two attached hydrogens (primary N) is 2. The number of Topliss-reactive ketones (excluding diaryl/α,β-unsaturated/α-hetero) is 1. The standard InChI is InChI=1S/C23H24FN5O3/c24-18-14-17(29-10-12-32-13-11-29)6-7-19(18)27-15-21(30)23(31)22(26)20(8-9-25)28-16-4-2-1-3-5-16/h1-9,14-15,26-27,30H,10-13,25H2/p+1. The molecule has 0 aromatic heterocycles. The molecule has 0 spiro atoms. The first-order valence-electron chi connectivity index (χ1n) is 10.0. The molecule has 0 amide bonds. The third kappa shape index (κ3) is 5.87. The van der Waals surface area contributed by atoms with E-state index in [1.54, 1.807) is 36.4 Å². The van der Waals surface area contributed by atoms with Gasteiger partial charge in [-0.2, -0.15) is 0 Å². The van der Waals surface area contributed by atoms with Crippen molar-refractivity contribution in [2.24, 2.45) is 10.7 Å². The number of hydrogen-bond donors (Lipinski definition) is 4. The van der Waals surface area contributed by atoms with Crippen LogP contribution in [-0.2, 0) is 9.53 Å². The third-order valence-corrected chi connectivity index (χ3v) is 4.76. The third-order valence-electron chi connectivity index (χ3n) is 4.76. The summed E-state index contributed by atoms with van der Waals surface area (Å²) < 4.78 is 19.8. The van der Waals surface area contributed by atoms with Crippen LogP contribution in [0.25, 0.3) is 0 Å². The van der Waals surface area contributed by atoms with Crippen molar-refractivity contribution in [3.05, 3.63) is 78.6 Å². The number of carbonyl (C=O) groups is 1. The molecule has 2 aromatic carbocycles. The van der Waals surface area contributed by atoms with Crippen molar-refractivity contribution in [1.82, 2.24) is 0 Å². The molecule has 1 aliphatic rings. The second-order valence-corrected chi connectivity index (χ2v) is 6.92. The molecule has 1 aliphatic heterocycles. The van der Waals surface area contributed by atoms with Crippen molar-refractivity contribution in [1.29, 1.82) is 5.41 Å². The first-order chi connectivity index (χ1) is 15.5. The predicted molar refractivity (Wildman–Crippen MR) is 121 cm³/mol. The number of anilines is 1. The molecule has 32 heavy (non-hydrogen) atoms. The minimum absolute atomic E-state index is 0.00954. The normalized spacial score (nSPS) is 15.2. The molecule has 6 N–H and O–H groups in total. The molecule has 0 atom stereocenters. The van der Waals surface area contributed by atoms with Gasteiger partial charge in [0.1, 0.15) is 11.9 Å². The smallest absolute Gasteiger partial charge is 0.252 e. The summed E-state index contributed by atoms with van der Waals surface area (Å²) in [4.78, 5) is 18.7. The van der Waals surface area contributed by atoms with Crippen molar-refractivity contribution >= 4 is 34.3 Å². The van der Waals surface area contributed by atoms with E-state index in [2.05, 4.69) is 4.99 Å². The number of ether oxygens (including phenoxy) is 1. The molecule has 9 heteroatoms. The van der Waals surface area contributed by atoms with Gasteiger partial charge in [-0.1, -0.05) is 18.2 Å². The van der Waals surface area contributed by atoms with Gasteiger partial charge in [0, 0.05) is 30.9 Å². The van der Waals surface area contributed by atoms with E-state index in [1.165, 1.54) is 17.5 Å². The molecule has 1 saturated heterocycles. The number of halogens is 1. The summed E-state index contributed by atoms with van der Waals surface area (Å²) in [6.45, 7) is 2.55. The van der Waals surface area contributed by atoms with Crippen LogP contribution < -0.4 is 16.0 Å². The largest absolute Gasteiger partial charge is 0.500 e. The number of aliphatic imine (C=N–C) groups is 1. The van der Waals surface area contributed by atoms with Gasteiger partial charge in [-0.3, -0.25) is 15.5 Å². The maximum Gasteiger partial charge on any atom is 0.252 e. The van der Waals surface area contributed by atoms with Gasteiger partial charge in [0.05, 0.1) is 24.6 Å². The average Bonchev–Trinajstić information content (AvgIpc) is 2.83. The minimum Gasteiger partial charge on any atom is -0.500 e. The molecular weight excluding hydrogens is 413 g/mol. The van der Waals surface area contributed by atoms with Gasteiger partial charge in [-0.15, -0.1) is 0 Å². The van der Waals surface area contributed by atoms with E-state index in [0.29, 0.717) is 32.0 Å². The predicted octanol–water partition coefficient (Wildman–Crippen LogP) is 2.09. The molecule has 0 saturated carbocycles. The number of rotatable bonds is 8. The fourth-order valence-electron chi connectivity index (χ4n) is 3.07. The molecule has 0 bridgehead atoms. The van der Waals surface area contributed by atoms with Gasteiger partial charge in [0.25, 0.3) is 5.78 Å². The summed E-state index contributed by atoms with van der Waals surface area (Å²) in [6.07, 6.45) is 3.52. The molecule has 166 valence electrons. The number of allylic oxidation sites excluding steroid dienone is 2. The van der Waals surface area contributed by atoms with E-state index in [9.17, 15) is 14.3 Å². The number of carbonyl (C=O) groups excluding carboxylic acids is 1. The first-order valence-corrected chi connectivity index (χ1v) is 10.0. The fourth-order valence-corrected chi connectivity index (χ4v) is 3.07. The zero-order chi connectivity index (χ0) is 22.9. The van der Waals surface area contributed by atoms with Crippen molar-refractivity contribution < 1.29 is 24.3 Å². The van der Waals surface area contributed by atoms with E-state index in [4.69, 9.17) is 15.9 Å². The number of hydrogen-bond acceptors (Lipinski definition) is 7. The Hall–Kier alpha value is -3.82. The lowest BCUT2D eigenvalue weighted by Crippen LogP contribution is -2.72. The Labute approximate surface area is 185 Å². The number of nitrogens with zero attached hydrogens (tertiary/aromatic N) is 2. The quantitative estimate of drug-likeness (QED) is 0.217. The second-order valence-electron chi connectivity index (χ2n) is 6.92. The van der Waals surface area contributed by atoms with Gasteiger partial charge < -0.3 is 20.5 Å². The van der Waals surface area contributed by atoms with Gasteiger partial charge >= 0.3 is 0 Å². The molecule has 0 unspecified atom stereocenters. The minimum atomic E-state index is -0.959. The van der Waals surface area contributed by atoms with Crippen LogP contribution in [0.4, 0.5) is 21.5 Å². The number of quaternary nitrogens is 1. The van der Waals surface area contributed by atoms with Crippen LogP contribution >= 0.6 is 0 Å². The Morgan fingerprint density at radius 3 is 2.59 bits per heavy atom. The molecule has 2 aromatic rings. The summed E-state index contributed by atoms with van der Waals surface area (Å²) in [5.41, 5.74) is 6.32. The highest BCUT2D eigenvalue weighted by molar-refractivity contribution is 6.71. The SMILES string of the molecule is N=C(C(=O)C(O)=C[NH2+]c1ccc(N2CCOCC2)cc1F)C(C=CN)=Nc1ccccc1. The zero-order valence-electron chi connectivity index (χ0n) is 17.4. The van der Waals surface area contributed by atoms with E-state index >= 15 is 0 Å². The maximum atomic E-state index is 14.5. The van der Waals surface area contributed by atoms with E-state index in [-0.39, 0.29) is 11.4 Å². The van der Waals surface area contributed by atoms with Gasteiger partial charge in [-0.25, -0.2) is 9.38 Å². The lowest BCUT2D eigenvalue weighted by atomic mass is 10.1. The second kappa shape index (κ2) is 11.0. The number of aliphatic hydroxyl groups is 1. The van der Waals surface area contributed by atoms with Crippen LogP contribution in [0.3, 0.4) is 0 Å². The number of ketones is 1. The van der Waals surface area contributed by atoms with Crippen molar-refractivity contribution in [2.45, 2.75) is 0 Å². The summed E-state index contributed by atoms with van der Waals surface area (Å²) in [6, 6.07) is 13.5. The average molecular weight is 438 g/mol. The molecule has 3 rings (SSSR count). The lowest BCUT2D eigenvalue weighted by Gasteiger charge is -2.28. The number of aliphatic hydroxyl groups excluding tert-OH is 1. The Bertz CT molecular complexity index is 1060. The van der Waals surface area contributed by atoms with Crippen molar-refractivity contribution in [3.8, 4) is 0 Å². The van der Waals surface area contributed by atoms with E-state index < -0.39 is 23.1 Å². The Morgan fingerprint density at radius 2 is 1.94 bits per heavy atom. The van der Waals surface area contributed by atoms with Crippen LogP contribution in [-0.4, -0.2) is 48.6 Å². The molecule has 1 heterocycles. The topological polar surface area (TPSA) is 129 Å². The van der Waals surface area contributed by atoms with Gasteiger partial charge in [0.15, 0.2) is 11.5 Å². The summed E-state index contributed by atoms with van der Waals surface area (Å²) >= 11 is 0. The summed E-state index contributed by atoms with van der Waals surface area (Å²) in [5.74, 6) is -2.16. The Morgan fingerprint density at radius 1 is 1.22 bits per heavy atom. The van der Waals surface area contributed by atoms with Crippen LogP contribution in [0, 0.1) is 11.2 Å². The molecule has 0 aliphatic carbocycles. The highest BCUT2D eigenvalue weighted by atomic mass is 19.1. The van der Waals surface area contributed by atoms with Crippen LogP contribution in [0.2, 0.25) is 0 Å². The van der Waals surface area contributed by atoms with E-state index in [1.807, 2.05) is 11.0 Å². The maximum absolute atomic E-state index is 14.5. The van der Waals surface area contributed by atoms with Crippen molar-refractivity contribution in [3.63, 3.8) is 0 Å². The molecule has 0 radical (unpaired) electrons. The number of nitrogens with one attached hydrogen (secondary N) is 1. The molecule has 8 nitrogen and oxygen atoms in total. The Kier molecular flexibility index (Phi) is 7.85. The van der Waals surface area contributed by atoms with Gasteiger partial charge in [0.2, 0.25) is 5.76 Å². The van der Waals surface area contributed by atoms with Crippen LogP contribution in [0.15, 0.2) is 77.8 Å².